The summed E-state index contributed by atoms with van der Waals surface area (Å²) in [6, 6.07) is 26.6. The number of ketones is 1. The molecule has 35 heteroatoms. The van der Waals surface area contributed by atoms with Gasteiger partial charge in [0.2, 0.25) is 0 Å². The van der Waals surface area contributed by atoms with E-state index in [2.05, 4.69) is 105 Å². The van der Waals surface area contributed by atoms with Gasteiger partial charge in [0, 0.05) is 61.8 Å². The van der Waals surface area contributed by atoms with Crippen LogP contribution in [-0.2, 0) is 14.3 Å². The number of nitrogens with one attached hydrogen (secondary N) is 3. The van der Waals surface area contributed by atoms with Crippen LogP contribution in [0, 0.1) is 75.4 Å². The summed E-state index contributed by atoms with van der Waals surface area (Å²) in [5, 5.41) is 119. The number of aromatic hydroxyl groups is 2. The fourth-order valence-electron chi connectivity index (χ4n) is 8.84. The van der Waals surface area contributed by atoms with Gasteiger partial charge in [0.05, 0.1) is 104 Å². The Morgan fingerprint density at radius 2 is 1.13 bits per heavy atom. The molecule has 4 atom stereocenters. The molecule has 2 amide bonds. The number of carbonyl (C=O) groups excluding carboxylic acids is 3. The Bertz CT molecular complexity index is 3930. The Hall–Kier alpha value is -6.90. The van der Waals surface area contributed by atoms with Crippen LogP contribution < -0.4 is 49.6 Å². The van der Waals surface area contributed by atoms with Gasteiger partial charge in [-0.2, -0.15) is 34.7 Å². The first-order chi connectivity index (χ1) is 50.1. The first-order valence-corrected chi connectivity index (χ1v) is 36.7. The van der Waals surface area contributed by atoms with Gasteiger partial charge in [-0.15, -0.1) is 6.22 Å². The number of phenolic OH excluding ortho intramolecular Hbond substituents is 2. The number of hydrogen-bond donors (Lipinski definition) is 14. The van der Waals surface area contributed by atoms with Crippen molar-refractivity contribution in [2.75, 3.05) is 31.7 Å². The number of nitriles is 3. The molecular formula is C75H103B4Br3ClMgN11O15. The molecule has 0 aliphatic carbocycles. The smallest absolute Gasteiger partial charge is 1.00 e. The van der Waals surface area contributed by atoms with E-state index < -0.39 is 54.3 Å². The number of carbonyl (C=O) groups is 3. The summed E-state index contributed by atoms with van der Waals surface area (Å²) in [6.07, 6.45) is 6.32. The number of aromatic nitrogens is 2. The number of phenols is 2. The van der Waals surface area contributed by atoms with Gasteiger partial charge in [0.15, 0.2) is 11.6 Å². The number of hydrogen-bond acceptors (Lipinski definition) is 22. The molecule has 1 unspecified atom stereocenters. The predicted octanol–water partition coefficient (Wildman–Crippen LogP) is 7.62. The molecular weight excluding hydrogens is 1640 g/mol. The van der Waals surface area contributed by atoms with Crippen molar-refractivity contribution in [3.63, 3.8) is 0 Å². The van der Waals surface area contributed by atoms with E-state index in [4.69, 9.17) is 77.4 Å². The van der Waals surface area contributed by atoms with Crippen LogP contribution in [0.2, 0.25) is 6.22 Å². The number of amides is 2. The summed E-state index contributed by atoms with van der Waals surface area (Å²) in [5.41, 5.74) is 17.3. The average molecular weight is 1740 g/mol. The summed E-state index contributed by atoms with van der Waals surface area (Å²) in [4.78, 5) is 34.5. The van der Waals surface area contributed by atoms with Crippen molar-refractivity contribution < 1.29 is 86.3 Å². The summed E-state index contributed by atoms with van der Waals surface area (Å²) in [5.74, 6) is 3.31. The minimum atomic E-state index is -1.01. The number of fused-ring (bicyclic) bond motifs is 2. The molecule has 0 saturated carbocycles. The van der Waals surface area contributed by atoms with Gasteiger partial charge < -0.3 is 106 Å². The van der Waals surface area contributed by atoms with Crippen molar-refractivity contribution in [1.29, 1.82) is 21.2 Å². The van der Waals surface area contributed by atoms with E-state index in [1.165, 1.54) is 18.3 Å². The van der Waals surface area contributed by atoms with E-state index in [0.29, 0.717) is 68.0 Å². The zero-order valence-electron chi connectivity index (χ0n) is 65.2. The maximum absolute atomic E-state index is 12.0. The number of ether oxygens (including phenoxy) is 2. The SMILES string of the molecule is CC(C)(O)C(C)(C)O.CC(C)(O)C(C)(C)O.CC(C)C(=O)c1cc(Br)ccc1O.CC(C)C1=CB(O)Oc2ccc(Br)cc21.CC(C)C1=CB(O)Oc2ccc(Nc3nn([C@@H]4COCC[C@H]4C#N)cc3C(N)=O)cc21.C[CH-]C.N#C[C@H]1CCOCC1N/C=C(\C(=N)N)C(N)=O.N#Cc1cc(Br)ccc1O.[B]C[B].[Cl-].[Mg+2]. The number of aliphatic hydroxyl groups is 4. The molecule has 110 heavy (non-hydrogen) atoms. The number of primary amides is 2. The molecule has 2 fully saturated rings. The van der Waals surface area contributed by atoms with Gasteiger partial charge in [-0.25, -0.2) is 0 Å². The zero-order chi connectivity index (χ0) is 82.9. The number of nitrogens with two attached hydrogens (primary N) is 3. The first-order valence-electron chi connectivity index (χ1n) is 34.3. The topological polar surface area (TPSA) is 465 Å². The van der Waals surface area contributed by atoms with Crippen LogP contribution >= 0.6 is 47.8 Å². The van der Waals surface area contributed by atoms with Crippen LogP contribution in [0.25, 0.3) is 11.1 Å². The molecule has 590 valence electrons. The summed E-state index contributed by atoms with van der Waals surface area (Å²) < 4.78 is 25.8. The van der Waals surface area contributed by atoms with Crippen molar-refractivity contribution in [2.45, 2.75) is 164 Å². The number of benzene rings is 4. The number of halogens is 4. The maximum atomic E-state index is 12.0. The number of amidine groups is 1. The molecule has 17 N–H and O–H groups in total. The molecule has 5 heterocycles. The first kappa shape index (κ1) is 105. The maximum Gasteiger partial charge on any atom is 2.00 e. The van der Waals surface area contributed by atoms with E-state index in [1.807, 2.05) is 78.3 Å². The predicted molar refractivity (Wildman–Crippen MR) is 440 cm³/mol. The molecule has 0 spiro atoms. The molecule has 4 radical (unpaired) electrons. The number of nitrogens with zero attached hydrogens (tertiary/aromatic N) is 5. The normalized spacial score (nSPS) is 16.0. The fourth-order valence-corrected chi connectivity index (χ4v) is 9.92. The summed E-state index contributed by atoms with van der Waals surface area (Å²) in [6.45, 7) is 30.3. The Morgan fingerprint density at radius 1 is 0.700 bits per heavy atom. The minimum Gasteiger partial charge on any atom is -1.00 e. The standard InChI is InChI=1S/C21H24BN5O4.C11H12BBrO2.C10H11BrO2.C10H15N5O2.C7H4BrNO.2C6H14O2.C3H7.CH2B2.ClH.Mg/c1-12(2)16-8-22(29)31-19-4-3-14(7-15(16)19)25-21-17(20(24)28)10-27(26-21)18-11-30-6-5-13(18)9-23;1-7(2)10-6-12(14)15-11-4-3-8(13)5-9(10)11;1-6(2)10(13)8-5-7(11)3-4-9(8)12;11-3-6-1-2-17-5-8(6)15-4-7(9(12)13)10(14)16;8-6-1-2-7(10)5(3-6)4-9;2*1-5(2,7)6(3,4)8;1-3-2;2-1-3;;/h3-4,7-8,10,12-13,18,29H,5-6,11H2,1-2H3,(H2,24,28)(H,25,26);3-7,14H,1-2H3;3-6,12H,1-2H3;4,6,8,15H,1-2,5H2,(H3,12,13)(H2,14,16);1-3,10H;2*7-8H,1-4H3;3H,1-2H3;1H2;1H;/q;;;;;;;-1;;;+2/p-1/b;;;7-4+;;;;;;;/t13-,18+;;;6-,8?;;;;;;;/m0..1......./s1. The molecule has 2 saturated heterocycles. The van der Waals surface area contributed by atoms with Crippen molar-refractivity contribution in [3.05, 3.63) is 150 Å². The van der Waals surface area contributed by atoms with Crippen molar-refractivity contribution in [2.24, 2.45) is 46.8 Å². The average Bonchev–Trinajstić information content (AvgIpc) is 1.29. The molecule has 5 aromatic rings. The molecule has 4 aliphatic rings. The number of Topliss-reactive ketones (excluding diaryl/α,β-unsaturated/α-hetero) is 1. The van der Waals surface area contributed by atoms with Gasteiger partial charge >= 0.3 is 37.3 Å². The van der Waals surface area contributed by atoms with Gasteiger partial charge in [-0.3, -0.25) is 24.5 Å². The minimum absolute atomic E-state index is 0. The van der Waals surface area contributed by atoms with E-state index in [1.54, 1.807) is 115 Å². The molecule has 0 bridgehead atoms. The second-order valence-electron chi connectivity index (χ2n) is 27.7. The van der Waals surface area contributed by atoms with Gasteiger partial charge in [0.25, 0.3) is 11.8 Å². The summed E-state index contributed by atoms with van der Waals surface area (Å²) in [7, 11) is 7.45. The van der Waals surface area contributed by atoms with Gasteiger partial charge in [-0.05, 0) is 176 Å². The monoisotopic (exact) mass is 1740 g/mol. The van der Waals surface area contributed by atoms with Crippen molar-refractivity contribution >= 4 is 147 Å². The number of allylic oxidation sites excluding steroid dienone is 2. The Morgan fingerprint density at radius 3 is 1.55 bits per heavy atom. The van der Waals surface area contributed by atoms with Crippen LogP contribution in [-0.4, -0.2) is 182 Å². The third kappa shape index (κ3) is 35.8. The van der Waals surface area contributed by atoms with Gasteiger partial charge in [0.1, 0.15) is 40.5 Å². The largest absolute Gasteiger partial charge is 2.00 e. The fraction of sp³-hybridized carbons (Fsp3) is 0.453. The van der Waals surface area contributed by atoms with Crippen molar-refractivity contribution in [1.82, 2.24) is 15.1 Å². The summed E-state index contributed by atoms with van der Waals surface area (Å²) >= 11 is 9.86. The van der Waals surface area contributed by atoms with E-state index >= 15 is 0 Å². The van der Waals surface area contributed by atoms with Crippen molar-refractivity contribution in [3.8, 4) is 41.2 Å². The van der Waals surface area contributed by atoms with Crippen LogP contribution in [0.3, 0.4) is 0 Å². The third-order valence-corrected chi connectivity index (χ3v) is 17.8. The quantitative estimate of drug-likeness (QED) is 0.0127. The molecule has 9 rings (SSSR count). The van der Waals surface area contributed by atoms with E-state index in [0.717, 1.165) is 41.4 Å². The van der Waals surface area contributed by atoms with Crippen LogP contribution in [0.15, 0.2) is 116 Å². The van der Waals surface area contributed by atoms with Gasteiger partial charge in [-0.1, -0.05) is 89.3 Å². The molecule has 1 aromatic heterocycles. The van der Waals surface area contributed by atoms with E-state index in [9.17, 15) is 34.8 Å². The molecule has 4 aromatic carbocycles. The van der Waals surface area contributed by atoms with Crippen LogP contribution in [0.1, 0.15) is 167 Å². The third-order valence-electron chi connectivity index (χ3n) is 16.4. The van der Waals surface area contributed by atoms with E-state index in [-0.39, 0.29) is 111 Å². The molecule has 4 aliphatic heterocycles. The zero-order valence-corrected chi connectivity index (χ0v) is 72.2. The second kappa shape index (κ2) is 50.3. The molecule has 26 nitrogen and oxygen atoms in total. The second-order valence-corrected chi connectivity index (χ2v) is 30.4. The number of anilines is 2. The Kier molecular flexibility index (Phi) is 48.0. The Labute approximate surface area is 698 Å². The number of rotatable bonds is 14. The van der Waals surface area contributed by atoms with Crippen LogP contribution in [0.4, 0.5) is 11.5 Å². The Balaban J connectivity index is 0. The van der Waals surface area contributed by atoms with Crippen LogP contribution in [0.5, 0.6) is 23.0 Å².